The molecule has 0 aliphatic heterocycles. The molecule has 1 aliphatic rings. The predicted octanol–water partition coefficient (Wildman–Crippen LogP) is 3.75. The van der Waals surface area contributed by atoms with E-state index in [1.54, 1.807) is 35.2 Å². The number of hydrogen-bond donors (Lipinski definition) is 0. The average molecular weight is 428 g/mol. The molecule has 0 bridgehead atoms. The van der Waals surface area contributed by atoms with Gasteiger partial charge < -0.3 is 28.4 Å². The summed E-state index contributed by atoms with van der Waals surface area (Å²) in [6.45, 7) is 0.456. The SMILES string of the molecule is C[N-]C.C[N-]C.C[N-]OCC1CCCC1F.[CH3-].[Hf+4]. The Morgan fingerprint density at radius 1 is 1.06 bits per heavy atom. The van der Waals surface area contributed by atoms with Gasteiger partial charge >= 0.3 is 25.8 Å². The molecule has 0 N–H and O–H groups in total. The van der Waals surface area contributed by atoms with Crippen molar-refractivity contribution >= 4 is 0 Å². The van der Waals surface area contributed by atoms with Gasteiger partial charge in [-0.1, -0.05) is 6.42 Å². The van der Waals surface area contributed by atoms with Gasteiger partial charge in [-0.05, 0) is 12.8 Å². The zero-order valence-corrected chi connectivity index (χ0v) is 16.2. The number of halogens is 1. The van der Waals surface area contributed by atoms with Crippen molar-refractivity contribution in [3.8, 4) is 0 Å². The van der Waals surface area contributed by atoms with Crippen LogP contribution in [0.15, 0.2) is 0 Å². The summed E-state index contributed by atoms with van der Waals surface area (Å²) >= 11 is 0. The topological polar surface area (TPSA) is 51.5 Å². The maximum absolute atomic E-state index is 12.8. The summed E-state index contributed by atoms with van der Waals surface area (Å²) in [5.74, 6) is 0.101. The van der Waals surface area contributed by atoms with Crippen LogP contribution in [0.4, 0.5) is 4.39 Å². The summed E-state index contributed by atoms with van der Waals surface area (Å²) in [5, 5.41) is 7.00. The largest absolute Gasteiger partial charge is 4.00 e. The first-order valence-corrected chi connectivity index (χ1v) is 5.48. The summed E-state index contributed by atoms with van der Waals surface area (Å²) in [4.78, 5) is 4.77. The van der Waals surface area contributed by atoms with E-state index in [1.165, 1.54) is 0 Å². The van der Waals surface area contributed by atoms with Crippen molar-refractivity contribution in [2.24, 2.45) is 5.92 Å². The molecule has 4 nitrogen and oxygen atoms in total. The Hall–Kier alpha value is 0.640. The van der Waals surface area contributed by atoms with Crippen LogP contribution in [0.5, 0.6) is 0 Å². The minimum Gasteiger partial charge on any atom is -0.668 e. The van der Waals surface area contributed by atoms with Crippen LogP contribution < -0.4 is 0 Å². The zero-order valence-electron chi connectivity index (χ0n) is 12.6. The van der Waals surface area contributed by atoms with Crippen LogP contribution in [0, 0.1) is 13.3 Å². The molecule has 18 heavy (non-hydrogen) atoms. The van der Waals surface area contributed by atoms with E-state index in [9.17, 15) is 4.39 Å². The molecule has 0 amide bonds. The van der Waals surface area contributed by atoms with Crippen molar-refractivity contribution in [2.75, 3.05) is 41.8 Å². The minimum absolute atomic E-state index is 0. The third-order valence-electron chi connectivity index (χ3n) is 1.98. The zero-order chi connectivity index (χ0) is 12.8. The van der Waals surface area contributed by atoms with Crippen LogP contribution in [-0.4, -0.2) is 48.0 Å². The molecule has 2 atom stereocenters. The summed E-state index contributed by atoms with van der Waals surface area (Å²) in [5.41, 5.74) is 3.47. The van der Waals surface area contributed by atoms with Crippen LogP contribution in [-0.2, 0) is 30.7 Å². The van der Waals surface area contributed by atoms with Crippen molar-refractivity contribution in [3.63, 3.8) is 0 Å². The van der Waals surface area contributed by atoms with E-state index in [1.807, 2.05) is 0 Å². The second-order valence-corrected chi connectivity index (χ2v) is 3.58. The fraction of sp³-hybridized carbons (Fsp3) is 0.917. The van der Waals surface area contributed by atoms with Gasteiger partial charge in [0, 0.05) is 12.5 Å². The summed E-state index contributed by atoms with van der Waals surface area (Å²) < 4.78 is 12.8. The summed E-state index contributed by atoms with van der Waals surface area (Å²) in [7, 11) is 8.57. The van der Waals surface area contributed by atoms with Gasteiger partial charge in [-0.15, -0.1) is 7.05 Å². The molecule has 0 aromatic carbocycles. The molecule has 1 saturated carbocycles. The van der Waals surface area contributed by atoms with Crippen molar-refractivity contribution < 1.29 is 35.1 Å². The Bertz CT molecular complexity index is 132. The van der Waals surface area contributed by atoms with Crippen molar-refractivity contribution in [1.82, 2.24) is 0 Å². The predicted molar refractivity (Wildman–Crippen MR) is 74.3 cm³/mol. The minimum atomic E-state index is -0.651. The third kappa shape index (κ3) is 19.0. The van der Waals surface area contributed by atoms with Crippen LogP contribution in [0.1, 0.15) is 19.3 Å². The molecular formula is C12H28FHfN3O. The molecule has 1 fully saturated rings. The van der Waals surface area contributed by atoms with Gasteiger partial charge in [-0.25, -0.2) is 4.39 Å². The maximum atomic E-state index is 12.8. The molecule has 0 radical (unpaired) electrons. The molecule has 0 aromatic heterocycles. The summed E-state index contributed by atoms with van der Waals surface area (Å²) in [6, 6.07) is 0. The van der Waals surface area contributed by atoms with E-state index in [4.69, 9.17) is 4.84 Å². The number of hydroxylamine groups is 1. The van der Waals surface area contributed by atoms with Gasteiger partial charge in [0.2, 0.25) is 0 Å². The number of rotatable bonds is 3. The van der Waals surface area contributed by atoms with Crippen LogP contribution in [0.25, 0.3) is 16.1 Å². The van der Waals surface area contributed by atoms with E-state index < -0.39 is 6.17 Å². The first-order valence-electron chi connectivity index (χ1n) is 5.48. The van der Waals surface area contributed by atoms with Crippen LogP contribution in [0.3, 0.4) is 0 Å². The second kappa shape index (κ2) is 22.8. The quantitative estimate of drug-likeness (QED) is 0.384. The van der Waals surface area contributed by atoms with Crippen LogP contribution >= 0.6 is 0 Å². The van der Waals surface area contributed by atoms with Gasteiger partial charge in [-0.2, -0.15) is 28.2 Å². The van der Waals surface area contributed by atoms with Gasteiger partial charge in [0.1, 0.15) is 6.17 Å². The van der Waals surface area contributed by atoms with E-state index in [0.29, 0.717) is 13.0 Å². The van der Waals surface area contributed by atoms with E-state index >= 15 is 0 Å². The van der Waals surface area contributed by atoms with Gasteiger partial charge in [-0.3, -0.25) is 0 Å². The molecule has 0 heterocycles. The Morgan fingerprint density at radius 3 is 1.78 bits per heavy atom. The maximum Gasteiger partial charge on any atom is 4.00 e. The van der Waals surface area contributed by atoms with Gasteiger partial charge in [0.25, 0.3) is 0 Å². The Kier molecular flexibility index (Phi) is 34.3. The second-order valence-electron chi connectivity index (χ2n) is 3.58. The monoisotopic (exact) mass is 429 g/mol. The first kappa shape index (κ1) is 27.1. The summed E-state index contributed by atoms with van der Waals surface area (Å²) in [6.07, 6.45) is 2.01. The van der Waals surface area contributed by atoms with Gasteiger partial charge in [0.05, 0.1) is 0 Å². The Labute approximate surface area is 132 Å². The number of hydrogen-bond acceptors (Lipinski definition) is 1. The number of nitrogens with zero attached hydrogens (tertiary/aromatic N) is 3. The molecule has 0 aromatic rings. The Morgan fingerprint density at radius 2 is 1.50 bits per heavy atom. The normalized spacial score (nSPS) is 20.3. The fourth-order valence-electron chi connectivity index (χ4n) is 1.35. The molecule has 0 spiro atoms. The molecule has 108 valence electrons. The van der Waals surface area contributed by atoms with Crippen molar-refractivity contribution in [2.45, 2.75) is 25.4 Å². The standard InChI is InChI=1S/C7H13FNO.2C2H6N.CH3.Hf/c1-9-10-5-6-3-2-4-7(6)8;2*1-3-2;;/h6-7H,2-5H2,1H3;2*1-2H3;1H3;/q4*-1;+4. The fourth-order valence-corrected chi connectivity index (χ4v) is 1.35. The number of alkyl halides is 1. The van der Waals surface area contributed by atoms with Gasteiger partial charge in [0.15, 0.2) is 0 Å². The molecular weight excluding hydrogens is 400 g/mol. The van der Waals surface area contributed by atoms with E-state index in [-0.39, 0.29) is 39.2 Å². The average Bonchev–Trinajstić information content (AvgIpc) is 2.63. The van der Waals surface area contributed by atoms with E-state index in [0.717, 1.165) is 12.8 Å². The third-order valence-corrected chi connectivity index (χ3v) is 1.98. The van der Waals surface area contributed by atoms with E-state index in [2.05, 4.69) is 16.1 Å². The smallest absolute Gasteiger partial charge is 0.668 e. The van der Waals surface area contributed by atoms with Crippen LogP contribution in [0.2, 0.25) is 0 Å². The van der Waals surface area contributed by atoms with Crippen molar-refractivity contribution in [3.05, 3.63) is 23.5 Å². The molecule has 6 heteroatoms. The first-order chi connectivity index (χ1) is 7.67. The Balaban J connectivity index is -0.000000106. The molecule has 2 unspecified atom stereocenters. The molecule has 0 saturated heterocycles. The van der Waals surface area contributed by atoms with Crippen molar-refractivity contribution in [1.29, 1.82) is 0 Å². The molecule has 1 aliphatic carbocycles. The molecule has 1 rings (SSSR count).